The predicted molar refractivity (Wildman–Crippen MR) is 68.0 cm³/mol. The minimum absolute atomic E-state index is 1.05. The van der Waals surface area contributed by atoms with E-state index in [1.165, 1.54) is 16.8 Å². The largest absolute Gasteiger partial charge is 0.294 e. The van der Waals surface area contributed by atoms with Crippen molar-refractivity contribution in [3.05, 3.63) is 47.1 Å². The third kappa shape index (κ3) is 1.44. The Morgan fingerprint density at radius 1 is 1.25 bits per heavy atom. The van der Waals surface area contributed by atoms with Gasteiger partial charge < -0.3 is 0 Å². The summed E-state index contributed by atoms with van der Waals surface area (Å²) in [7, 11) is 0. The van der Waals surface area contributed by atoms with Crippen molar-refractivity contribution in [2.24, 2.45) is 0 Å². The Hall–Kier alpha value is -1.61. The second-order valence-electron chi connectivity index (χ2n) is 4.03. The van der Waals surface area contributed by atoms with Crippen molar-refractivity contribution in [2.45, 2.75) is 13.8 Å². The highest BCUT2D eigenvalue weighted by Gasteiger charge is 2.06. The number of hydrogen-bond acceptors (Lipinski definition) is 2. The fraction of sp³-hybridized carbons (Fsp3) is 0.154. The Kier molecular flexibility index (Phi) is 2.07. The molecular formula is C13H12N2S. The Morgan fingerprint density at radius 2 is 2.12 bits per heavy atom. The second-order valence-corrected chi connectivity index (χ2v) is 4.86. The SMILES string of the molecule is Cc1cccc(-c2cn3c(C)csc3n2)c1. The molecule has 1 aromatic carbocycles. The summed E-state index contributed by atoms with van der Waals surface area (Å²) in [6.07, 6.45) is 2.11. The van der Waals surface area contributed by atoms with Gasteiger partial charge in [0.1, 0.15) is 0 Å². The zero-order chi connectivity index (χ0) is 11.1. The van der Waals surface area contributed by atoms with Gasteiger partial charge in [-0.2, -0.15) is 0 Å². The Morgan fingerprint density at radius 3 is 2.88 bits per heavy atom. The summed E-state index contributed by atoms with van der Waals surface area (Å²) in [6.45, 7) is 4.21. The zero-order valence-corrected chi connectivity index (χ0v) is 10.1. The topological polar surface area (TPSA) is 17.3 Å². The molecule has 0 aliphatic heterocycles. The molecule has 2 heterocycles. The fourth-order valence-corrected chi connectivity index (χ4v) is 2.69. The normalized spacial score (nSPS) is 11.1. The van der Waals surface area contributed by atoms with Gasteiger partial charge in [0, 0.05) is 22.8 Å². The molecule has 0 atom stereocenters. The average molecular weight is 228 g/mol. The lowest BCUT2D eigenvalue weighted by atomic mass is 10.1. The van der Waals surface area contributed by atoms with E-state index < -0.39 is 0 Å². The number of hydrogen-bond donors (Lipinski definition) is 0. The van der Waals surface area contributed by atoms with E-state index in [2.05, 4.69) is 59.1 Å². The molecule has 0 amide bonds. The van der Waals surface area contributed by atoms with Crippen LogP contribution < -0.4 is 0 Å². The highest BCUT2D eigenvalue weighted by atomic mass is 32.1. The summed E-state index contributed by atoms with van der Waals surface area (Å²) in [5, 5.41) is 2.13. The summed E-state index contributed by atoms with van der Waals surface area (Å²) >= 11 is 1.69. The van der Waals surface area contributed by atoms with E-state index >= 15 is 0 Å². The van der Waals surface area contributed by atoms with Crippen LogP contribution in [0.15, 0.2) is 35.8 Å². The minimum Gasteiger partial charge on any atom is -0.294 e. The summed E-state index contributed by atoms with van der Waals surface area (Å²) in [5.74, 6) is 0. The third-order valence-corrected chi connectivity index (χ3v) is 3.66. The number of aryl methyl sites for hydroxylation is 2. The minimum atomic E-state index is 1.05. The van der Waals surface area contributed by atoms with Crippen molar-refractivity contribution < 1.29 is 0 Å². The van der Waals surface area contributed by atoms with E-state index in [0.29, 0.717) is 0 Å². The van der Waals surface area contributed by atoms with Crippen molar-refractivity contribution in [3.63, 3.8) is 0 Å². The van der Waals surface area contributed by atoms with E-state index in [9.17, 15) is 0 Å². The lowest BCUT2D eigenvalue weighted by Crippen LogP contribution is -1.79. The highest BCUT2D eigenvalue weighted by Crippen LogP contribution is 2.23. The van der Waals surface area contributed by atoms with Crippen LogP contribution >= 0.6 is 11.3 Å². The van der Waals surface area contributed by atoms with Crippen LogP contribution in [0.3, 0.4) is 0 Å². The van der Waals surface area contributed by atoms with E-state index in [0.717, 1.165) is 10.7 Å². The first-order valence-electron chi connectivity index (χ1n) is 5.24. The van der Waals surface area contributed by atoms with Crippen LogP contribution in [0.2, 0.25) is 0 Å². The molecule has 0 unspecified atom stereocenters. The molecule has 0 saturated heterocycles. The van der Waals surface area contributed by atoms with Gasteiger partial charge in [0.15, 0.2) is 4.96 Å². The maximum atomic E-state index is 4.63. The number of rotatable bonds is 1. The van der Waals surface area contributed by atoms with E-state index in [-0.39, 0.29) is 0 Å². The smallest absolute Gasteiger partial charge is 0.194 e. The maximum absolute atomic E-state index is 4.63. The van der Waals surface area contributed by atoms with E-state index in [4.69, 9.17) is 0 Å². The average Bonchev–Trinajstić information content (AvgIpc) is 2.81. The van der Waals surface area contributed by atoms with Crippen molar-refractivity contribution in [3.8, 4) is 11.3 Å². The number of thiazole rings is 1. The van der Waals surface area contributed by atoms with Gasteiger partial charge in [0.2, 0.25) is 0 Å². The monoisotopic (exact) mass is 228 g/mol. The first-order valence-corrected chi connectivity index (χ1v) is 6.12. The van der Waals surface area contributed by atoms with E-state index in [1.54, 1.807) is 11.3 Å². The van der Waals surface area contributed by atoms with Gasteiger partial charge in [-0.1, -0.05) is 23.8 Å². The van der Waals surface area contributed by atoms with Crippen LogP contribution in [0.5, 0.6) is 0 Å². The van der Waals surface area contributed by atoms with Crippen LogP contribution in [0.1, 0.15) is 11.3 Å². The van der Waals surface area contributed by atoms with Gasteiger partial charge in [0.05, 0.1) is 5.69 Å². The molecule has 3 heteroatoms. The molecule has 2 nitrogen and oxygen atoms in total. The summed E-state index contributed by atoms with van der Waals surface area (Å²) < 4.78 is 2.14. The number of aromatic nitrogens is 2. The Balaban J connectivity index is 2.19. The van der Waals surface area contributed by atoms with Gasteiger partial charge in [-0.15, -0.1) is 11.3 Å². The molecule has 16 heavy (non-hydrogen) atoms. The van der Waals surface area contributed by atoms with Gasteiger partial charge in [-0.05, 0) is 19.9 Å². The number of benzene rings is 1. The molecule has 0 saturated carbocycles. The van der Waals surface area contributed by atoms with Crippen molar-refractivity contribution in [1.29, 1.82) is 0 Å². The number of imidazole rings is 1. The molecule has 0 bridgehead atoms. The van der Waals surface area contributed by atoms with Crippen molar-refractivity contribution >= 4 is 16.3 Å². The van der Waals surface area contributed by atoms with Gasteiger partial charge in [-0.25, -0.2) is 4.98 Å². The molecule has 0 N–H and O–H groups in total. The lowest BCUT2D eigenvalue weighted by molar-refractivity contribution is 1.13. The zero-order valence-electron chi connectivity index (χ0n) is 9.27. The number of fused-ring (bicyclic) bond motifs is 1. The molecule has 0 radical (unpaired) electrons. The molecule has 80 valence electrons. The Labute approximate surface area is 98.2 Å². The standard InChI is InChI=1S/C13H12N2S/c1-9-4-3-5-11(6-9)12-7-15-10(2)8-16-13(15)14-12/h3-8H,1-2H3. The first kappa shape index (κ1) is 9.60. The molecule has 3 rings (SSSR count). The molecule has 0 aliphatic rings. The van der Waals surface area contributed by atoms with Crippen LogP contribution in [0.25, 0.3) is 16.2 Å². The van der Waals surface area contributed by atoms with Crippen LogP contribution in [-0.4, -0.2) is 9.38 Å². The van der Waals surface area contributed by atoms with Crippen LogP contribution in [0.4, 0.5) is 0 Å². The van der Waals surface area contributed by atoms with Crippen LogP contribution in [0, 0.1) is 13.8 Å². The van der Waals surface area contributed by atoms with Gasteiger partial charge in [0.25, 0.3) is 0 Å². The number of nitrogens with zero attached hydrogens (tertiary/aromatic N) is 2. The quantitative estimate of drug-likeness (QED) is 0.621. The molecular weight excluding hydrogens is 216 g/mol. The predicted octanol–water partition coefficient (Wildman–Crippen LogP) is 3.68. The van der Waals surface area contributed by atoms with Crippen molar-refractivity contribution in [1.82, 2.24) is 9.38 Å². The highest BCUT2D eigenvalue weighted by molar-refractivity contribution is 7.15. The lowest BCUT2D eigenvalue weighted by Gasteiger charge is -1.97. The molecule has 0 aliphatic carbocycles. The van der Waals surface area contributed by atoms with E-state index in [1.807, 2.05) is 0 Å². The molecule has 2 aromatic heterocycles. The summed E-state index contributed by atoms with van der Waals surface area (Å²) in [5.41, 5.74) is 4.76. The summed E-state index contributed by atoms with van der Waals surface area (Å²) in [4.78, 5) is 5.69. The van der Waals surface area contributed by atoms with Gasteiger partial charge >= 0.3 is 0 Å². The first-order chi connectivity index (χ1) is 7.74. The molecule has 3 aromatic rings. The van der Waals surface area contributed by atoms with Gasteiger partial charge in [-0.3, -0.25) is 4.40 Å². The summed E-state index contributed by atoms with van der Waals surface area (Å²) in [6, 6.07) is 8.45. The molecule has 0 fully saturated rings. The fourth-order valence-electron chi connectivity index (χ4n) is 1.84. The second kappa shape index (κ2) is 3.46. The molecule has 0 spiro atoms. The maximum Gasteiger partial charge on any atom is 0.194 e. The van der Waals surface area contributed by atoms with Crippen LogP contribution in [-0.2, 0) is 0 Å². The third-order valence-electron chi connectivity index (χ3n) is 2.70. The Bertz CT molecular complexity index is 649. The van der Waals surface area contributed by atoms with Crippen molar-refractivity contribution in [2.75, 3.05) is 0 Å².